The molecule has 0 N–H and O–H groups in total. The lowest BCUT2D eigenvalue weighted by Crippen LogP contribution is -2.41. The zero-order valence-corrected chi connectivity index (χ0v) is 23.3. The van der Waals surface area contributed by atoms with Crippen LogP contribution in [0.25, 0.3) is 22.9 Å². The number of benzene rings is 1. The number of halogens is 3. The molecular weight excluding hydrogens is 561 g/mol. The highest BCUT2D eigenvalue weighted by Crippen LogP contribution is 2.35. The average Bonchev–Trinajstić information content (AvgIpc) is 3.62. The van der Waals surface area contributed by atoms with Gasteiger partial charge < -0.3 is 18.5 Å². The van der Waals surface area contributed by atoms with E-state index >= 15 is 4.39 Å². The van der Waals surface area contributed by atoms with Crippen molar-refractivity contribution in [1.29, 1.82) is 0 Å². The first-order valence-electron chi connectivity index (χ1n) is 12.9. The van der Waals surface area contributed by atoms with Crippen LogP contribution < -0.4 is 0 Å². The minimum Gasteiger partial charge on any atom is -0.444 e. The molecule has 0 radical (unpaired) electrons. The van der Waals surface area contributed by atoms with E-state index in [0.717, 1.165) is 0 Å². The van der Waals surface area contributed by atoms with E-state index in [-0.39, 0.29) is 34.6 Å². The Kier molecular flexibility index (Phi) is 8.29. The molecule has 5 rings (SSSR count). The number of ether oxygens (including phenoxy) is 1. The highest BCUT2D eigenvalue weighted by molar-refractivity contribution is 7.98. The van der Waals surface area contributed by atoms with E-state index in [1.54, 1.807) is 35.2 Å². The number of nitrogens with zero attached hydrogens (tertiary/aromatic N) is 6. The summed E-state index contributed by atoms with van der Waals surface area (Å²) < 4.78 is 57.0. The van der Waals surface area contributed by atoms with Gasteiger partial charge in [0.15, 0.2) is 0 Å². The van der Waals surface area contributed by atoms with E-state index in [4.69, 9.17) is 13.6 Å². The number of amides is 1. The number of hydrogen-bond donors (Lipinski definition) is 0. The van der Waals surface area contributed by atoms with E-state index in [9.17, 15) is 13.6 Å². The molecule has 14 heteroatoms. The maximum absolute atomic E-state index is 15.6. The predicted molar refractivity (Wildman–Crippen MR) is 142 cm³/mol. The van der Waals surface area contributed by atoms with Gasteiger partial charge in [-0.05, 0) is 63.3 Å². The summed E-state index contributed by atoms with van der Waals surface area (Å²) in [6.07, 6.45) is -0.551. The quantitative estimate of drug-likeness (QED) is 0.217. The number of carbonyl (C=O) groups excluding carboxylic acids is 1. The van der Waals surface area contributed by atoms with Gasteiger partial charge in [0.05, 0.1) is 16.8 Å². The Balaban J connectivity index is 1.19. The van der Waals surface area contributed by atoms with Gasteiger partial charge in [0.25, 0.3) is 17.0 Å². The Morgan fingerprint density at radius 1 is 1.07 bits per heavy atom. The third-order valence-corrected chi connectivity index (χ3v) is 7.15. The number of carbonyl (C=O) groups is 1. The summed E-state index contributed by atoms with van der Waals surface area (Å²) >= 11 is 1.22. The predicted octanol–water partition coefficient (Wildman–Crippen LogP) is 6.67. The molecule has 10 nitrogen and oxygen atoms in total. The van der Waals surface area contributed by atoms with Crippen LogP contribution in [0.15, 0.2) is 50.6 Å². The third kappa shape index (κ3) is 6.87. The van der Waals surface area contributed by atoms with Crippen LogP contribution in [-0.4, -0.2) is 55.1 Å². The van der Waals surface area contributed by atoms with Crippen molar-refractivity contribution >= 4 is 17.9 Å². The molecule has 41 heavy (non-hydrogen) atoms. The Bertz CT molecular complexity index is 1500. The Morgan fingerprint density at radius 3 is 2.49 bits per heavy atom. The Morgan fingerprint density at radius 2 is 1.83 bits per heavy atom. The van der Waals surface area contributed by atoms with E-state index in [0.29, 0.717) is 48.5 Å². The highest BCUT2D eigenvalue weighted by Gasteiger charge is 2.29. The van der Waals surface area contributed by atoms with Gasteiger partial charge in [-0.3, -0.25) is 4.98 Å². The number of alkyl halides is 2. The molecule has 216 valence electrons. The number of pyridine rings is 1. The summed E-state index contributed by atoms with van der Waals surface area (Å²) in [5, 5.41) is 15.2. The second-order valence-corrected chi connectivity index (χ2v) is 11.3. The maximum Gasteiger partial charge on any atom is 0.410 e. The summed E-state index contributed by atoms with van der Waals surface area (Å²) in [6.45, 7) is 6.42. The first-order valence-corrected chi connectivity index (χ1v) is 13.9. The van der Waals surface area contributed by atoms with Gasteiger partial charge in [0.1, 0.15) is 11.4 Å². The number of likely N-dealkylation sites (tertiary alicyclic amines) is 1. The van der Waals surface area contributed by atoms with E-state index < -0.39 is 23.7 Å². The van der Waals surface area contributed by atoms with Gasteiger partial charge in [0, 0.05) is 25.0 Å². The molecule has 0 saturated carbocycles. The monoisotopic (exact) mass is 588 g/mol. The van der Waals surface area contributed by atoms with Gasteiger partial charge in [-0.2, -0.15) is 8.78 Å². The molecule has 0 aliphatic carbocycles. The van der Waals surface area contributed by atoms with Crippen LogP contribution in [-0.2, 0) is 10.5 Å². The lowest BCUT2D eigenvalue weighted by molar-refractivity contribution is 0.0204. The lowest BCUT2D eigenvalue weighted by Gasteiger charge is -2.33. The van der Waals surface area contributed by atoms with E-state index in [1.807, 2.05) is 20.8 Å². The van der Waals surface area contributed by atoms with Gasteiger partial charge in [-0.25, -0.2) is 9.18 Å². The molecule has 3 aromatic heterocycles. The smallest absolute Gasteiger partial charge is 0.410 e. The van der Waals surface area contributed by atoms with Gasteiger partial charge in [-0.15, -0.1) is 20.4 Å². The molecule has 1 fully saturated rings. The van der Waals surface area contributed by atoms with Crippen molar-refractivity contribution < 1.29 is 31.5 Å². The van der Waals surface area contributed by atoms with Crippen molar-refractivity contribution in [2.45, 2.75) is 62.5 Å². The van der Waals surface area contributed by atoms with Crippen LogP contribution in [0.3, 0.4) is 0 Å². The van der Waals surface area contributed by atoms with Crippen molar-refractivity contribution in [2.75, 3.05) is 13.1 Å². The minimum atomic E-state index is -2.85. The molecule has 1 saturated heterocycles. The van der Waals surface area contributed by atoms with Crippen LogP contribution in [0, 0.1) is 5.82 Å². The number of aromatic nitrogens is 5. The minimum absolute atomic E-state index is 0.0496. The second-order valence-electron chi connectivity index (χ2n) is 10.4. The maximum atomic E-state index is 15.6. The molecule has 0 atom stereocenters. The summed E-state index contributed by atoms with van der Waals surface area (Å²) in [6, 6.07) is 8.40. The first kappa shape index (κ1) is 28.6. The molecule has 1 aliphatic rings. The fraction of sp³-hybridized carbons (Fsp3) is 0.407. The zero-order chi connectivity index (χ0) is 29.1. The van der Waals surface area contributed by atoms with Crippen molar-refractivity contribution in [1.82, 2.24) is 30.3 Å². The van der Waals surface area contributed by atoms with Gasteiger partial charge in [0.2, 0.25) is 5.89 Å². The summed E-state index contributed by atoms with van der Waals surface area (Å²) in [7, 11) is 0. The van der Waals surface area contributed by atoms with Crippen LogP contribution in [0.1, 0.15) is 63.1 Å². The fourth-order valence-electron chi connectivity index (χ4n) is 4.32. The molecule has 4 heterocycles. The van der Waals surface area contributed by atoms with Crippen molar-refractivity contribution in [3.8, 4) is 22.9 Å². The van der Waals surface area contributed by atoms with Crippen LogP contribution in [0.4, 0.5) is 18.0 Å². The van der Waals surface area contributed by atoms with Gasteiger partial charge in [-0.1, -0.05) is 23.9 Å². The van der Waals surface area contributed by atoms with Crippen LogP contribution in [0.2, 0.25) is 0 Å². The molecule has 1 aromatic carbocycles. The molecular formula is C27H27F3N6O4S. The van der Waals surface area contributed by atoms with Crippen molar-refractivity contribution in [3.05, 3.63) is 59.5 Å². The van der Waals surface area contributed by atoms with E-state index in [2.05, 4.69) is 25.4 Å². The first-order chi connectivity index (χ1) is 19.6. The fourth-order valence-corrected chi connectivity index (χ4v) is 5.00. The number of piperidine rings is 1. The number of hydrogen-bond acceptors (Lipinski definition) is 10. The van der Waals surface area contributed by atoms with Gasteiger partial charge >= 0.3 is 12.5 Å². The molecule has 0 unspecified atom stereocenters. The van der Waals surface area contributed by atoms with Crippen molar-refractivity contribution in [3.63, 3.8) is 0 Å². The normalized spacial score (nSPS) is 14.6. The number of rotatable bonds is 7. The van der Waals surface area contributed by atoms with Crippen molar-refractivity contribution in [2.24, 2.45) is 0 Å². The molecule has 0 spiro atoms. The lowest BCUT2D eigenvalue weighted by atomic mass is 9.88. The largest absolute Gasteiger partial charge is 0.444 e. The molecule has 1 amide bonds. The molecule has 0 bridgehead atoms. The summed E-state index contributed by atoms with van der Waals surface area (Å²) in [4.78, 5) is 18.3. The SMILES string of the molecule is CC(C)(C)OC(=O)N1CCC(c2cccc(-c3nnc(SCc4ccc(-c5nnc(C(F)F)o5)cn4)o3)c2F)CC1. The standard InChI is InChI=1S/C27H27F3N6O4S/c1-27(2,3)40-26(37)36-11-9-15(10-12-36)18-5-4-6-19(20(18)28)23-33-35-25(39-23)41-14-17-8-7-16(13-31-17)22-32-34-24(38-22)21(29)30/h4-8,13,15,21H,9-12,14H2,1-3H3. The Hall–Kier alpha value is -3.94. The molecule has 4 aromatic rings. The topological polar surface area (TPSA) is 120 Å². The van der Waals surface area contributed by atoms with Crippen LogP contribution in [0.5, 0.6) is 0 Å². The van der Waals surface area contributed by atoms with Crippen LogP contribution >= 0.6 is 11.8 Å². The zero-order valence-electron chi connectivity index (χ0n) is 22.5. The Labute approximate surface area is 237 Å². The molecule has 1 aliphatic heterocycles. The van der Waals surface area contributed by atoms with E-state index in [1.165, 1.54) is 18.0 Å². The summed E-state index contributed by atoms with van der Waals surface area (Å²) in [5.41, 5.74) is 1.24. The third-order valence-electron chi connectivity index (χ3n) is 6.29. The average molecular weight is 589 g/mol. The second kappa shape index (κ2) is 11.9. The highest BCUT2D eigenvalue weighted by atomic mass is 32.2. The summed E-state index contributed by atoms with van der Waals surface area (Å²) in [5.74, 6) is -0.853. The number of thioether (sulfide) groups is 1.